The van der Waals surface area contributed by atoms with Crippen molar-refractivity contribution in [2.75, 3.05) is 26.3 Å². The van der Waals surface area contributed by atoms with Gasteiger partial charge in [-0.15, -0.1) is 0 Å². The van der Waals surface area contributed by atoms with Crippen LogP contribution in [0.4, 0.5) is 0 Å². The monoisotopic (exact) mass is 286 g/mol. The van der Waals surface area contributed by atoms with Gasteiger partial charge in [0.15, 0.2) is 5.52 Å². The Morgan fingerprint density at radius 3 is 2.42 bits per heavy atom. The summed E-state index contributed by atoms with van der Waals surface area (Å²) in [5, 5.41) is 2.41. The lowest BCUT2D eigenvalue weighted by Crippen LogP contribution is -2.33. The van der Waals surface area contributed by atoms with E-state index in [1.165, 1.54) is 12.2 Å². The van der Waals surface area contributed by atoms with Crippen molar-refractivity contribution in [1.29, 1.82) is 0 Å². The van der Waals surface area contributed by atoms with Gasteiger partial charge in [-0.05, 0) is 0 Å². The van der Waals surface area contributed by atoms with Crippen LogP contribution in [0, 0.1) is 0 Å². The lowest BCUT2D eigenvalue weighted by molar-refractivity contribution is -0.138. The van der Waals surface area contributed by atoms with E-state index in [0.717, 1.165) is 4.90 Å². The Morgan fingerprint density at radius 1 is 1.21 bits per heavy atom. The molecule has 1 N–H and O–H groups in total. The first-order chi connectivity index (χ1) is 9.00. The highest BCUT2D eigenvalue weighted by Gasteiger charge is 2.22. The van der Waals surface area contributed by atoms with Crippen molar-refractivity contribution in [1.82, 2.24) is 10.2 Å². The van der Waals surface area contributed by atoms with Gasteiger partial charge in [-0.25, -0.2) is 0 Å². The summed E-state index contributed by atoms with van der Waals surface area (Å²) in [4.78, 5) is 45.2. The molecule has 1 heterocycles. The molecule has 0 spiro atoms. The molecule has 3 amide bonds. The van der Waals surface area contributed by atoms with Crippen molar-refractivity contribution >= 4 is 32.5 Å². The van der Waals surface area contributed by atoms with Crippen LogP contribution < -0.4 is 5.32 Å². The van der Waals surface area contributed by atoms with E-state index in [9.17, 15) is 19.2 Å². The van der Waals surface area contributed by atoms with Gasteiger partial charge in [0, 0.05) is 18.6 Å². The average Bonchev–Trinajstić information content (AvgIpc) is 2.67. The standard InChI is InChI=1S/C11H15N2O5P/c14-8(12-7-11(17)19)3-5-18-6-4-13-9(15)1-2-10(13)16/h1-2H,3-7,19H2,(H,12,14). The molecule has 1 unspecified atom stereocenters. The zero-order valence-corrected chi connectivity index (χ0v) is 11.4. The molecule has 0 saturated carbocycles. The van der Waals surface area contributed by atoms with Crippen LogP contribution in [0.2, 0.25) is 0 Å². The topological polar surface area (TPSA) is 92.8 Å². The Balaban J connectivity index is 2.05. The highest BCUT2D eigenvalue weighted by atomic mass is 31.0. The molecule has 1 aliphatic heterocycles. The fourth-order valence-electron chi connectivity index (χ4n) is 1.35. The van der Waals surface area contributed by atoms with Crippen molar-refractivity contribution < 1.29 is 23.9 Å². The minimum Gasteiger partial charge on any atom is -0.379 e. The van der Waals surface area contributed by atoms with E-state index in [4.69, 9.17) is 4.74 Å². The second-order valence-electron chi connectivity index (χ2n) is 3.77. The van der Waals surface area contributed by atoms with Crippen LogP contribution in [0.25, 0.3) is 0 Å². The van der Waals surface area contributed by atoms with E-state index >= 15 is 0 Å². The number of nitrogens with zero attached hydrogens (tertiary/aromatic N) is 1. The highest BCUT2D eigenvalue weighted by molar-refractivity contribution is 7.40. The smallest absolute Gasteiger partial charge is 0.253 e. The molecular weight excluding hydrogens is 271 g/mol. The minimum atomic E-state index is -0.356. The number of nitrogens with one attached hydrogen (secondary N) is 1. The summed E-state index contributed by atoms with van der Waals surface area (Å²) in [6.07, 6.45) is 2.53. The molecule has 1 atom stereocenters. The van der Waals surface area contributed by atoms with Crippen molar-refractivity contribution in [2.45, 2.75) is 6.42 Å². The number of ether oxygens (including phenoxy) is 1. The van der Waals surface area contributed by atoms with Gasteiger partial charge in [-0.2, -0.15) is 0 Å². The van der Waals surface area contributed by atoms with E-state index in [1.54, 1.807) is 0 Å². The molecule has 0 saturated heterocycles. The normalized spacial score (nSPS) is 14.1. The summed E-state index contributed by atoms with van der Waals surface area (Å²) in [6, 6.07) is 0. The molecule has 1 aliphatic rings. The van der Waals surface area contributed by atoms with E-state index in [-0.39, 0.29) is 56.0 Å². The Morgan fingerprint density at radius 2 is 1.84 bits per heavy atom. The van der Waals surface area contributed by atoms with Crippen molar-refractivity contribution in [3.8, 4) is 0 Å². The Bertz CT molecular complexity index is 403. The molecule has 0 bridgehead atoms. The number of rotatable bonds is 8. The third-order valence-electron chi connectivity index (χ3n) is 2.29. The van der Waals surface area contributed by atoms with E-state index in [0.29, 0.717) is 0 Å². The van der Waals surface area contributed by atoms with Crippen LogP contribution in [0.5, 0.6) is 0 Å². The first kappa shape index (κ1) is 15.5. The fourth-order valence-corrected chi connectivity index (χ4v) is 1.45. The highest BCUT2D eigenvalue weighted by Crippen LogP contribution is 2.02. The van der Waals surface area contributed by atoms with Gasteiger partial charge in [0.25, 0.3) is 11.8 Å². The molecular formula is C11H15N2O5P. The lowest BCUT2D eigenvalue weighted by atomic mass is 10.4. The molecule has 8 heteroatoms. The Hall–Kier alpha value is -1.59. The number of amides is 3. The molecule has 0 aromatic heterocycles. The SMILES string of the molecule is O=C(P)CNC(=O)CCOCCN1C(=O)C=CC1=O. The quantitative estimate of drug-likeness (QED) is 0.345. The fraction of sp³-hybridized carbons (Fsp3) is 0.455. The Labute approximate surface area is 112 Å². The van der Waals surface area contributed by atoms with E-state index in [2.05, 4.69) is 5.32 Å². The predicted octanol–water partition coefficient (Wildman–Crippen LogP) is -1.16. The van der Waals surface area contributed by atoms with Crippen molar-refractivity contribution in [3.63, 3.8) is 0 Å². The van der Waals surface area contributed by atoms with Crippen LogP contribution in [0.3, 0.4) is 0 Å². The summed E-state index contributed by atoms with van der Waals surface area (Å²) in [7, 11) is 1.96. The number of imide groups is 1. The van der Waals surface area contributed by atoms with Crippen LogP contribution in [0.15, 0.2) is 12.2 Å². The summed E-state index contributed by atoms with van der Waals surface area (Å²) < 4.78 is 5.14. The second-order valence-corrected chi connectivity index (χ2v) is 4.41. The first-order valence-electron chi connectivity index (χ1n) is 5.67. The van der Waals surface area contributed by atoms with Crippen molar-refractivity contribution in [2.24, 2.45) is 0 Å². The van der Waals surface area contributed by atoms with Crippen LogP contribution >= 0.6 is 9.24 Å². The zero-order valence-electron chi connectivity index (χ0n) is 10.3. The molecule has 0 fully saturated rings. The summed E-state index contributed by atoms with van der Waals surface area (Å²) in [5.74, 6) is -0.999. The predicted molar refractivity (Wildman–Crippen MR) is 69.0 cm³/mol. The van der Waals surface area contributed by atoms with E-state index in [1.807, 2.05) is 9.24 Å². The van der Waals surface area contributed by atoms with Gasteiger partial charge in [-0.3, -0.25) is 24.1 Å². The van der Waals surface area contributed by atoms with Gasteiger partial charge in [-0.1, -0.05) is 9.24 Å². The summed E-state index contributed by atoms with van der Waals surface area (Å²) >= 11 is 0. The molecule has 1 rings (SSSR count). The Kier molecular flexibility index (Phi) is 6.32. The third kappa shape index (κ3) is 5.72. The molecule has 104 valence electrons. The van der Waals surface area contributed by atoms with Crippen LogP contribution in [-0.2, 0) is 23.9 Å². The maximum atomic E-state index is 11.2. The average molecular weight is 286 g/mol. The molecule has 0 aliphatic carbocycles. The van der Waals surface area contributed by atoms with E-state index < -0.39 is 0 Å². The number of hydrogen-bond acceptors (Lipinski definition) is 5. The maximum absolute atomic E-state index is 11.2. The van der Waals surface area contributed by atoms with Crippen LogP contribution in [-0.4, -0.2) is 54.4 Å². The number of hydrogen-bond donors (Lipinski definition) is 1. The third-order valence-corrected chi connectivity index (χ3v) is 2.50. The van der Waals surface area contributed by atoms with Gasteiger partial charge in [0.1, 0.15) is 0 Å². The lowest BCUT2D eigenvalue weighted by Gasteiger charge is -2.13. The zero-order chi connectivity index (χ0) is 14.3. The molecule has 19 heavy (non-hydrogen) atoms. The molecule has 0 aromatic carbocycles. The first-order valence-corrected chi connectivity index (χ1v) is 6.24. The number of carbonyl (C=O) groups excluding carboxylic acids is 4. The van der Waals surface area contributed by atoms with Crippen molar-refractivity contribution in [3.05, 3.63) is 12.2 Å². The molecule has 7 nitrogen and oxygen atoms in total. The summed E-state index contributed by atoms with van der Waals surface area (Å²) in [5.41, 5.74) is -0.201. The largest absolute Gasteiger partial charge is 0.379 e. The van der Waals surface area contributed by atoms with Gasteiger partial charge in [0.05, 0.1) is 26.3 Å². The van der Waals surface area contributed by atoms with Gasteiger partial charge >= 0.3 is 0 Å². The van der Waals surface area contributed by atoms with Crippen LogP contribution in [0.1, 0.15) is 6.42 Å². The second kappa shape index (κ2) is 7.76. The maximum Gasteiger partial charge on any atom is 0.253 e. The minimum absolute atomic E-state index is 0.0219. The summed E-state index contributed by atoms with van der Waals surface area (Å²) in [6.45, 7) is 0.484. The van der Waals surface area contributed by atoms with Gasteiger partial charge in [0.2, 0.25) is 5.91 Å². The number of carbonyl (C=O) groups is 4. The molecule has 0 radical (unpaired) electrons. The van der Waals surface area contributed by atoms with Gasteiger partial charge < -0.3 is 10.1 Å². The molecule has 0 aromatic rings.